The van der Waals surface area contributed by atoms with Crippen LogP contribution in [0.4, 0.5) is 5.69 Å². The quantitative estimate of drug-likeness (QED) is 0.299. The van der Waals surface area contributed by atoms with Gasteiger partial charge < -0.3 is 9.84 Å². The first-order valence-electron chi connectivity index (χ1n) is 7.81. The Kier molecular flexibility index (Phi) is 6.78. The van der Waals surface area contributed by atoms with E-state index in [4.69, 9.17) is 4.74 Å². The number of phenolic OH excluding ortho intramolecular Hbond substituents is 1. The number of unbranched alkanes of at least 4 members (excludes halogenated alkanes) is 1. The highest BCUT2D eigenvalue weighted by atomic mass is 127. The molecule has 0 unspecified atom stereocenters. The molecule has 5 heteroatoms. The van der Waals surface area contributed by atoms with Crippen molar-refractivity contribution in [3.63, 3.8) is 0 Å². The molecule has 4 nitrogen and oxygen atoms in total. The van der Waals surface area contributed by atoms with Gasteiger partial charge in [0.05, 0.1) is 21.4 Å². The lowest BCUT2D eigenvalue weighted by atomic mass is 10.1. The van der Waals surface area contributed by atoms with Crippen molar-refractivity contribution in [1.29, 1.82) is 0 Å². The molecule has 0 aliphatic heterocycles. The lowest BCUT2D eigenvalue weighted by Crippen LogP contribution is -2.05. The Morgan fingerprint density at radius 1 is 1.29 bits per heavy atom. The normalized spacial score (nSPS) is 11.0. The number of hydrogen-bond acceptors (Lipinski definition) is 4. The van der Waals surface area contributed by atoms with Crippen molar-refractivity contribution in [3.05, 3.63) is 56.7 Å². The highest BCUT2D eigenvalue weighted by molar-refractivity contribution is 14.1. The van der Waals surface area contributed by atoms with Gasteiger partial charge in [-0.05, 0) is 77.9 Å². The number of esters is 1. The molecule has 24 heavy (non-hydrogen) atoms. The van der Waals surface area contributed by atoms with Gasteiger partial charge in [0.25, 0.3) is 0 Å². The number of aliphatic imine (C=N–C) groups is 1. The van der Waals surface area contributed by atoms with E-state index in [1.54, 1.807) is 30.5 Å². The number of carbonyl (C=O) groups is 1. The fourth-order valence-corrected chi connectivity index (χ4v) is 2.88. The SMILES string of the molecule is CCCCOC(=O)c1ccc(N=Cc2cc(C)cc(I)c2O)cc1. The zero-order valence-corrected chi connectivity index (χ0v) is 15.9. The molecule has 2 aromatic rings. The first-order valence-corrected chi connectivity index (χ1v) is 8.89. The Morgan fingerprint density at radius 3 is 2.67 bits per heavy atom. The van der Waals surface area contributed by atoms with Crippen LogP contribution in [0.2, 0.25) is 0 Å². The Labute approximate surface area is 155 Å². The highest BCUT2D eigenvalue weighted by Crippen LogP contribution is 2.25. The largest absolute Gasteiger partial charge is 0.506 e. The minimum Gasteiger partial charge on any atom is -0.506 e. The predicted octanol–water partition coefficient (Wildman–Crippen LogP) is 5.01. The summed E-state index contributed by atoms with van der Waals surface area (Å²) < 4.78 is 5.96. The lowest BCUT2D eigenvalue weighted by Gasteiger charge is -2.05. The first kappa shape index (κ1) is 18.4. The highest BCUT2D eigenvalue weighted by Gasteiger charge is 2.07. The summed E-state index contributed by atoms with van der Waals surface area (Å²) in [7, 11) is 0. The fraction of sp³-hybridized carbons (Fsp3) is 0.263. The molecule has 0 heterocycles. The number of benzene rings is 2. The van der Waals surface area contributed by atoms with E-state index in [1.165, 1.54) is 0 Å². The maximum atomic E-state index is 11.8. The number of nitrogens with zero attached hydrogens (tertiary/aromatic N) is 1. The summed E-state index contributed by atoms with van der Waals surface area (Å²) in [5.41, 5.74) is 2.94. The molecular weight excluding hydrogens is 417 g/mol. The number of halogens is 1. The van der Waals surface area contributed by atoms with E-state index in [0.717, 1.165) is 22.0 Å². The van der Waals surface area contributed by atoms with E-state index < -0.39 is 0 Å². The number of hydrogen-bond donors (Lipinski definition) is 1. The molecule has 0 spiro atoms. The van der Waals surface area contributed by atoms with Crippen molar-refractivity contribution in [1.82, 2.24) is 0 Å². The topological polar surface area (TPSA) is 58.9 Å². The summed E-state index contributed by atoms with van der Waals surface area (Å²) >= 11 is 2.09. The van der Waals surface area contributed by atoms with Crippen molar-refractivity contribution in [2.24, 2.45) is 4.99 Å². The molecule has 0 saturated heterocycles. The fourth-order valence-electron chi connectivity index (χ4n) is 2.08. The Bertz CT molecular complexity index is 739. The van der Waals surface area contributed by atoms with Crippen molar-refractivity contribution < 1.29 is 14.6 Å². The van der Waals surface area contributed by atoms with E-state index in [1.807, 2.05) is 26.0 Å². The second kappa shape index (κ2) is 8.82. The summed E-state index contributed by atoms with van der Waals surface area (Å²) in [4.78, 5) is 16.2. The van der Waals surface area contributed by atoms with Gasteiger partial charge in [-0.1, -0.05) is 13.3 Å². The molecular formula is C19H20INO3. The summed E-state index contributed by atoms with van der Waals surface area (Å²) in [5, 5.41) is 10.1. The van der Waals surface area contributed by atoms with Crippen LogP contribution in [0.3, 0.4) is 0 Å². The van der Waals surface area contributed by atoms with Gasteiger partial charge in [-0.3, -0.25) is 4.99 Å². The maximum Gasteiger partial charge on any atom is 0.338 e. The minimum atomic E-state index is -0.315. The summed E-state index contributed by atoms with van der Waals surface area (Å²) in [6, 6.07) is 10.7. The van der Waals surface area contributed by atoms with Gasteiger partial charge in [0.1, 0.15) is 5.75 Å². The molecule has 0 bridgehead atoms. The predicted molar refractivity (Wildman–Crippen MR) is 104 cm³/mol. The zero-order chi connectivity index (χ0) is 17.5. The van der Waals surface area contributed by atoms with E-state index in [9.17, 15) is 9.90 Å². The second-order valence-corrected chi connectivity index (χ2v) is 6.64. The van der Waals surface area contributed by atoms with Gasteiger partial charge in [-0.15, -0.1) is 0 Å². The summed E-state index contributed by atoms with van der Waals surface area (Å²) in [5.74, 6) is -0.0917. The molecule has 0 radical (unpaired) electrons. The van der Waals surface area contributed by atoms with Crippen LogP contribution >= 0.6 is 22.6 Å². The van der Waals surface area contributed by atoms with Crippen LogP contribution in [0, 0.1) is 10.5 Å². The van der Waals surface area contributed by atoms with Gasteiger partial charge in [0, 0.05) is 11.8 Å². The maximum absolute atomic E-state index is 11.8. The monoisotopic (exact) mass is 437 g/mol. The molecule has 0 amide bonds. The number of aryl methyl sites for hydroxylation is 1. The number of rotatable bonds is 6. The summed E-state index contributed by atoms with van der Waals surface area (Å²) in [6.45, 7) is 4.46. The van der Waals surface area contributed by atoms with Gasteiger partial charge in [-0.25, -0.2) is 4.79 Å². The molecule has 0 aliphatic rings. The smallest absolute Gasteiger partial charge is 0.338 e. The molecule has 126 valence electrons. The summed E-state index contributed by atoms with van der Waals surface area (Å²) in [6.07, 6.45) is 3.48. The van der Waals surface area contributed by atoms with Crippen LogP contribution < -0.4 is 0 Å². The second-order valence-electron chi connectivity index (χ2n) is 5.48. The van der Waals surface area contributed by atoms with E-state index >= 15 is 0 Å². The van der Waals surface area contributed by atoms with Crippen molar-refractivity contribution in [3.8, 4) is 5.75 Å². The van der Waals surface area contributed by atoms with Crippen molar-refractivity contribution in [2.75, 3.05) is 6.61 Å². The van der Waals surface area contributed by atoms with Crippen LogP contribution in [0.1, 0.15) is 41.3 Å². The molecule has 2 rings (SSSR count). The molecule has 2 aromatic carbocycles. The Hall–Kier alpha value is -1.89. The molecule has 0 aromatic heterocycles. The standard InChI is InChI=1S/C19H20INO3/c1-3-4-9-24-19(23)14-5-7-16(8-6-14)21-12-15-10-13(2)11-17(20)18(15)22/h5-8,10-12,22H,3-4,9H2,1-2H3. The first-order chi connectivity index (χ1) is 11.5. The number of carbonyl (C=O) groups excluding carboxylic acids is 1. The van der Waals surface area contributed by atoms with Crippen LogP contribution in [0.25, 0.3) is 0 Å². The van der Waals surface area contributed by atoms with Crippen LogP contribution in [0.15, 0.2) is 41.4 Å². The molecule has 0 fully saturated rings. The molecule has 0 saturated carbocycles. The zero-order valence-electron chi connectivity index (χ0n) is 13.8. The Balaban J connectivity index is 2.08. The van der Waals surface area contributed by atoms with E-state index in [-0.39, 0.29) is 11.7 Å². The van der Waals surface area contributed by atoms with Gasteiger partial charge in [-0.2, -0.15) is 0 Å². The number of ether oxygens (including phenoxy) is 1. The molecule has 1 N–H and O–H groups in total. The Morgan fingerprint density at radius 2 is 2.00 bits per heavy atom. The van der Waals surface area contributed by atoms with Crippen LogP contribution in [-0.2, 0) is 4.74 Å². The third kappa shape index (κ3) is 5.06. The van der Waals surface area contributed by atoms with Crippen molar-refractivity contribution >= 4 is 40.5 Å². The van der Waals surface area contributed by atoms with Crippen molar-refractivity contribution in [2.45, 2.75) is 26.7 Å². The van der Waals surface area contributed by atoms with E-state index in [0.29, 0.717) is 23.4 Å². The number of aromatic hydroxyl groups is 1. The van der Waals surface area contributed by atoms with Gasteiger partial charge in [0.15, 0.2) is 0 Å². The third-order valence-electron chi connectivity index (χ3n) is 3.42. The average Bonchev–Trinajstić information content (AvgIpc) is 2.57. The van der Waals surface area contributed by atoms with Crippen LogP contribution in [-0.4, -0.2) is 23.9 Å². The number of phenols is 1. The lowest BCUT2D eigenvalue weighted by molar-refractivity contribution is 0.0500. The van der Waals surface area contributed by atoms with E-state index in [2.05, 4.69) is 27.6 Å². The molecule has 0 atom stereocenters. The third-order valence-corrected chi connectivity index (χ3v) is 4.25. The van der Waals surface area contributed by atoms with Crippen LogP contribution in [0.5, 0.6) is 5.75 Å². The van der Waals surface area contributed by atoms with Gasteiger partial charge in [0.2, 0.25) is 0 Å². The minimum absolute atomic E-state index is 0.223. The molecule has 0 aliphatic carbocycles. The average molecular weight is 437 g/mol. The van der Waals surface area contributed by atoms with Gasteiger partial charge >= 0.3 is 5.97 Å².